The molecule has 0 spiro atoms. The van der Waals surface area contributed by atoms with Crippen molar-refractivity contribution in [3.63, 3.8) is 0 Å². The van der Waals surface area contributed by atoms with Crippen LogP contribution in [0.1, 0.15) is 56.9 Å². The van der Waals surface area contributed by atoms with Gasteiger partial charge in [-0.3, -0.25) is 19.3 Å². The van der Waals surface area contributed by atoms with Crippen LogP contribution in [-0.2, 0) is 14.4 Å². The minimum atomic E-state index is -0.917. The highest BCUT2D eigenvalue weighted by atomic mass is 16.7. The van der Waals surface area contributed by atoms with Gasteiger partial charge in [0.2, 0.25) is 18.6 Å². The molecule has 4 rings (SSSR count). The number of benzene rings is 1. The summed E-state index contributed by atoms with van der Waals surface area (Å²) in [7, 11) is 0. The molecule has 0 aromatic heterocycles. The summed E-state index contributed by atoms with van der Waals surface area (Å²) < 4.78 is 11.0. The first-order chi connectivity index (χ1) is 17.9. The van der Waals surface area contributed by atoms with E-state index in [0.717, 1.165) is 37.7 Å². The van der Waals surface area contributed by atoms with Crippen molar-refractivity contribution in [1.82, 2.24) is 14.7 Å². The summed E-state index contributed by atoms with van der Waals surface area (Å²) in [6, 6.07) is 5.09. The number of likely N-dealkylation sites (tertiary alicyclic amines) is 2. The second kappa shape index (κ2) is 12.6. The molecule has 1 aromatic rings. The molecule has 3 aliphatic heterocycles. The lowest BCUT2D eigenvalue weighted by Crippen LogP contribution is -2.49. The van der Waals surface area contributed by atoms with Crippen molar-refractivity contribution in [2.45, 2.75) is 57.4 Å². The molecule has 10 heteroatoms. The van der Waals surface area contributed by atoms with E-state index < -0.39 is 17.9 Å². The van der Waals surface area contributed by atoms with Gasteiger partial charge in [0, 0.05) is 51.1 Å². The maximum Gasteiger partial charge on any atom is 0.308 e. The zero-order valence-corrected chi connectivity index (χ0v) is 21.8. The summed E-state index contributed by atoms with van der Waals surface area (Å²) >= 11 is 0. The topological polar surface area (TPSA) is 126 Å². The Balaban J connectivity index is 1.58. The van der Waals surface area contributed by atoms with Crippen molar-refractivity contribution in [2.24, 2.45) is 11.7 Å². The van der Waals surface area contributed by atoms with E-state index in [1.54, 1.807) is 4.90 Å². The number of aliphatic carboxylic acids is 1. The summed E-state index contributed by atoms with van der Waals surface area (Å²) in [5, 5.41) is 10.4. The molecule has 204 valence electrons. The minimum absolute atomic E-state index is 0.00121. The molecule has 0 aliphatic carbocycles. The zero-order chi connectivity index (χ0) is 26.4. The highest BCUT2D eigenvalue weighted by molar-refractivity contribution is 5.80. The number of carbonyl (C=O) groups excluding carboxylic acids is 2. The number of amides is 2. The lowest BCUT2D eigenvalue weighted by molar-refractivity contribution is -0.144. The molecule has 37 heavy (non-hydrogen) atoms. The van der Waals surface area contributed by atoms with Crippen molar-refractivity contribution < 1.29 is 29.0 Å². The maximum absolute atomic E-state index is 13.5. The second-order valence-electron chi connectivity index (χ2n) is 10.3. The summed E-state index contributed by atoms with van der Waals surface area (Å²) in [6.07, 6.45) is 4.86. The molecule has 2 fully saturated rings. The largest absolute Gasteiger partial charge is 0.481 e. The molecule has 0 radical (unpaired) electrons. The van der Waals surface area contributed by atoms with Crippen LogP contribution in [-0.4, -0.2) is 96.2 Å². The van der Waals surface area contributed by atoms with Gasteiger partial charge in [0.05, 0.1) is 12.5 Å². The number of carboxylic acids is 1. The molecule has 1 aromatic carbocycles. The van der Waals surface area contributed by atoms with Crippen LogP contribution in [0.3, 0.4) is 0 Å². The van der Waals surface area contributed by atoms with Gasteiger partial charge in [-0.15, -0.1) is 0 Å². The average molecular weight is 517 g/mol. The van der Waals surface area contributed by atoms with Crippen LogP contribution < -0.4 is 15.2 Å². The Bertz CT molecular complexity index is 972. The lowest BCUT2D eigenvalue weighted by Gasteiger charge is -2.32. The van der Waals surface area contributed by atoms with E-state index in [2.05, 4.69) is 6.92 Å². The molecule has 2 saturated heterocycles. The Kier molecular flexibility index (Phi) is 9.26. The van der Waals surface area contributed by atoms with E-state index in [4.69, 9.17) is 15.2 Å². The van der Waals surface area contributed by atoms with Gasteiger partial charge in [-0.05, 0) is 49.9 Å². The fourth-order valence-electron chi connectivity index (χ4n) is 5.75. The number of nitrogens with two attached hydrogens (primary N) is 1. The third kappa shape index (κ3) is 6.35. The molecule has 3 unspecified atom stereocenters. The number of rotatable bonds is 13. The first-order valence-corrected chi connectivity index (χ1v) is 13.5. The Morgan fingerprint density at radius 2 is 1.95 bits per heavy atom. The van der Waals surface area contributed by atoms with Gasteiger partial charge in [-0.1, -0.05) is 19.4 Å². The van der Waals surface area contributed by atoms with Crippen LogP contribution in [0.4, 0.5) is 0 Å². The highest BCUT2D eigenvalue weighted by Crippen LogP contribution is 2.42. The van der Waals surface area contributed by atoms with Crippen LogP contribution in [0.15, 0.2) is 18.2 Å². The van der Waals surface area contributed by atoms with Crippen LogP contribution in [0.25, 0.3) is 0 Å². The predicted molar refractivity (Wildman–Crippen MR) is 137 cm³/mol. The van der Waals surface area contributed by atoms with Gasteiger partial charge in [0.1, 0.15) is 0 Å². The molecule has 0 saturated carbocycles. The van der Waals surface area contributed by atoms with Gasteiger partial charge in [-0.25, -0.2) is 0 Å². The van der Waals surface area contributed by atoms with E-state index in [-0.39, 0.29) is 31.1 Å². The number of ether oxygens (including phenoxy) is 2. The zero-order valence-electron chi connectivity index (χ0n) is 21.8. The molecule has 3 atom stereocenters. The monoisotopic (exact) mass is 516 g/mol. The van der Waals surface area contributed by atoms with E-state index in [0.29, 0.717) is 57.2 Å². The maximum atomic E-state index is 13.5. The summed E-state index contributed by atoms with van der Waals surface area (Å²) in [6.45, 7) is 5.63. The third-order valence-corrected chi connectivity index (χ3v) is 7.79. The first-order valence-electron chi connectivity index (χ1n) is 13.5. The third-order valence-electron chi connectivity index (χ3n) is 7.79. The Morgan fingerprint density at radius 1 is 1.16 bits per heavy atom. The van der Waals surface area contributed by atoms with Gasteiger partial charge in [0.25, 0.3) is 0 Å². The number of carboxylic acid groups (broad SMARTS) is 1. The minimum Gasteiger partial charge on any atom is -0.481 e. The molecule has 3 aliphatic rings. The number of fused-ring (bicyclic) bond motifs is 1. The highest BCUT2D eigenvalue weighted by Gasteiger charge is 2.48. The second-order valence-corrected chi connectivity index (χ2v) is 10.3. The number of carbonyl (C=O) groups is 3. The SMILES string of the molecule is CCCCN(CCCCN)C(=O)CN1CC(c2ccc3c(c2)OCO3)C(C(=O)O)C1CN1CCCC1=O. The van der Waals surface area contributed by atoms with Crippen molar-refractivity contribution in [1.29, 1.82) is 0 Å². The summed E-state index contributed by atoms with van der Waals surface area (Å²) in [5.74, 6) is -0.726. The van der Waals surface area contributed by atoms with E-state index in [1.807, 2.05) is 28.0 Å². The fourth-order valence-corrected chi connectivity index (χ4v) is 5.75. The van der Waals surface area contributed by atoms with Gasteiger partial charge in [0.15, 0.2) is 11.5 Å². The van der Waals surface area contributed by atoms with Gasteiger partial charge in [-0.2, -0.15) is 0 Å². The quantitative estimate of drug-likeness (QED) is 0.381. The Labute approximate surface area is 218 Å². The molecule has 2 amide bonds. The predicted octanol–water partition coefficient (Wildman–Crippen LogP) is 1.87. The first kappa shape index (κ1) is 27.2. The summed E-state index contributed by atoms with van der Waals surface area (Å²) in [5.41, 5.74) is 6.50. The number of nitrogens with zero attached hydrogens (tertiary/aromatic N) is 3. The Hall–Kier alpha value is -2.85. The van der Waals surface area contributed by atoms with Crippen molar-refractivity contribution in [3.05, 3.63) is 23.8 Å². The van der Waals surface area contributed by atoms with Crippen molar-refractivity contribution in [3.8, 4) is 11.5 Å². The summed E-state index contributed by atoms with van der Waals surface area (Å²) in [4.78, 5) is 44.3. The van der Waals surface area contributed by atoms with Crippen LogP contribution in [0.2, 0.25) is 0 Å². The number of hydrogen-bond acceptors (Lipinski definition) is 7. The molecular weight excluding hydrogens is 476 g/mol. The van der Waals surface area contributed by atoms with E-state index in [9.17, 15) is 19.5 Å². The standard InChI is InChI=1S/C27H40N4O6/c1-2-3-11-29(12-5-4-10-28)25(33)17-31-15-20(19-8-9-22-23(14-19)37-18-36-22)26(27(34)35)21(31)16-30-13-6-7-24(30)32/h8-9,14,20-21,26H,2-7,10-13,15-18,28H2,1H3,(H,34,35). The molecule has 0 bridgehead atoms. The van der Waals surface area contributed by atoms with Crippen LogP contribution in [0.5, 0.6) is 11.5 Å². The molecule has 3 N–H and O–H groups in total. The molecular formula is C27H40N4O6. The number of unbranched alkanes of at least 4 members (excludes halogenated alkanes) is 2. The molecule has 10 nitrogen and oxygen atoms in total. The van der Waals surface area contributed by atoms with Gasteiger partial charge >= 0.3 is 5.97 Å². The van der Waals surface area contributed by atoms with Crippen LogP contribution >= 0.6 is 0 Å². The lowest BCUT2D eigenvalue weighted by atomic mass is 9.85. The number of hydrogen-bond donors (Lipinski definition) is 2. The molecule has 3 heterocycles. The van der Waals surface area contributed by atoms with E-state index >= 15 is 0 Å². The van der Waals surface area contributed by atoms with Crippen molar-refractivity contribution in [2.75, 3.05) is 52.6 Å². The Morgan fingerprint density at radius 3 is 2.65 bits per heavy atom. The van der Waals surface area contributed by atoms with E-state index in [1.165, 1.54) is 0 Å². The fraction of sp³-hybridized carbons (Fsp3) is 0.667. The average Bonchev–Trinajstić information content (AvgIpc) is 3.60. The van der Waals surface area contributed by atoms with Crippen molar-refractivity contribution >= 4 is 17.8 Å². The van der Waals surface area contributed by atoms with Gasteiger partial charge < -0.3 is 30.1 Å². The smallest absolute Gasteiger partial charge is 0.308 e. The normalized spacial score (nSPS) is 23.1. The van der Waals surface area contributed by atoms with Crippen LogP contribution in [0, 0.1) is 5.92 Å².